The molecule has 3 nitrogen and oxygen atoms in total. The molecule has 104 valence electrons. The fraction of sp³-hybridized carbons (Fsp3) is 0.571. The number of benzene rings is 1. The van der Waals surface area contributed by atoms with Crippen molar-refractivity contribution < 1.29 is 9.31 Å². The highest BCUT2D eigenvalue weighted by Crippen LogP contribution is 2.37. The molecule has 0 aromatic heterocycles. The lowest BCUT2D eigenvalue weighted by atomic mass is 9.77. The standard InChI is InChI=1S/C14H20BNO2.ClH/c1-13(2)14(3,4)18-15(17-13)11-7-5-6-10-8-9-16-12(10)11;/h5-7,16H,8-9H2,1-4H3;1H. The van der Waals surface area contributed by atoms with Gasteiger partial charge in [-0.15, -0.1) is 12.4 Å². The minimum absolute atomic E-state index is 0. The van der Waals surface area contributed by atoms with Gasteiger partial charge < -0.3 is 14.6 Å². The highest BCUT2D eigenvalue weighted by Gasteiger charge is 2.52. The van der Waals surface area contributed by atoms with Crippen molar-refractivity contribution in [3.05, 3.63) is 23.8 Å². The topological polar surface area (TPSA) is 30.5 Å². The summed E-state index contributed by atoms with van der Waals surface area (Å²) in [7, 11) is -0.268. The van der Waals surface area contributed by atoms with Gasteiger partial charge in [-0.2, -0.15) is 0 Å². The Morgan fingerprint density at radius 2 is 1.74 bits per heavy atom. The summed E-state index contributed by atoms with van der Waals surface area (Å²) in [5.74, 6) is 0. The fourth-order valence-electron chi connectivity index (χ4n) is 2.53. The predicted molar refractivity (Wildman–Crippen MR) is 81.6 cm³/mol. The van der Waals surface area contributed by atoms with Crippen molar-refractivity contribution in [3.8, 4) is 0 Å². The van der Waals surface area contributed by atoms with Crippen LogP contribution in [0.2, 0.25) is 0 Å². The molecule has 0 aliphatic carbocycles. The van der Waals surface area contributed by atoms with Gasteiger partial charge in [-0.25, -0.2) is 0 Å². The van der Waals surface area contributed by atoms with E-state index in [2.05, 4.69) is 51.2 Å². The number of halogens is 1. The van der Waals surface area contributed by atoms with Crippen LogP contribution in [0.5, 0.6) is 0 Å². The average Bonchev–Trinajstić information content (AvgIpc) is 2.81. The minimum Gasteiger partial charge on any atom is -0.399 e. The van der Waals surface area contributed by atoms with E-state index >= 15 is 0 Å². The van der Waals surface area contributed by atoms with Crippen molar-refractivity contribution in [3.63, 3.8) is 0 Å². The number of rotatable bonds is 1. The molecule has 0 unspecified atom stereocenters. The van der Waals surface area contributed by atoms with Crippen molar-refractivity contribution in [2.45, 2.75) is 45.3 Å². The molecule has 3 rings (SSSR count). The van der Waals surface area contributed by atoms with E-state index in [1.165, 1.54) is 11.3 Å². The molecule has 0 saturated carbocycles. The molecule has 2 aliphatic heterocycles. The second-order valence-electron chi connectivity index (χ2n) is 6.15. The highest BCUT2D eigenvalue weighted by molar-refractivity contribution is 6.64. The van der Waals surface area contributed by atoms with Crippen LogP contribution in [0.15, 0.2) is 18.2 Å². The molecule has 1 fully saturated rings. The Kier molecular flexibility index (Phi) is 3.63. The van der Waals surface area contributed by atoms with E-state index in [-0.39, 0.29) is 30.7 Å². The summed E-state index contributed by atoms with van der Waals surface area (Å²) in [4.78, 5) is 0. The maximum absolute atomic E-state index is 6.11. The molecule has 0 bridgehead atoms. The lowest BCUT2D eigenvalue weighted by molar-refractivity contribution is 0.00578. The molecule has 0 radical (unpaired) electrons. The van der Waals surface area contributed by atoms with Gasteiger partial charge in [0.15, 0.2) is 0 Å². The van der Waals surface area contributed by atoms with Gasteiger partial charge >= 0.3 is 7.12 Å². The predicted octanol–water partition coefficient (Wildman–Crippen LogP) is 2.38. The van der Waals surface area contributed by atoms with E-state index in [0.29, 0.717) is 0 Å². The fourth-order valence-corrected chi connectivity index (χ4v) is 2.53. The van der Waals surface area contributed by atoms with E-state index in [0.717, 1.165) is 18.4 Å². The Labute approximate surface area is 121 Å². The third kappa shape index (κ3) is 2.26. The lowest BCUT2D eigenvalue weighted by Crippen LogP contribution is -2.41. The van der Waals surface area contributed by atoms with Crippen LogP contribution in [0.1, 0.15) is 33.3 Å². The first-order valence-corrected chi connectivity index (χ1v) is 6.62. The number of para-hydroxylation sites is 1. The van der Waals surface area contributed by atoms with Gasteiger partial charge in [-0.05, 0) is 39.7 Å². The minimum atomic E-state index is -0.279. The van der Waals surface area contributed by atoms with Crippen LogP contribution < -0.4 is 10.8 Å². The zero-order chi connectivity index (χ0) is 13.0. The molecular formula is C14H21BClNO2. The second kappa shape index (κ2) is 4.69. The highest BCUT2D eigenvalue weighted by atomic mass is 35.5. The SMILES string of the molecule is CC1(C)OB(c2cccc3c2NCC3)OC1(C)C.Cl. The van der Waals surface area contributed by atoms with Crippen molar-refractivity contribution in [1.29, 1.82) is 0 Å². The second-order valence-corrected chi connectivity index (χ2v) is 6.15. The first-order chi connectivity index (χ1) is 8.41. The van der Waals surface area contributed by atoms with Crippen molar-refractivity contribution in [2.75, 3.05) is 11.9 Å². The third-order valence-corrected chi connectivity index (χ3v) is 4.39. The first kappa shape index (κ1) is 14.7. The lowest BCUT2D eigenvalue weighted by Gasteiger charge is -2.32. The normalized spacial score (nSPS) is 22.6. The van der Waals surface area contributed by atoms with Crippen LogP contribution in [0, 0.1) is 0 Å². The van der Waals surface area contributed by atoms with E-state index in [1.54, 1.807) is 0 Å². The van der Waals surface area contributed by atoms with E-state index in [1.807, 2.05) is 0 Å². The molecule has 0 amide bonds. The van der Waals surface area contributed by atoms with Crippen LogP contribution in [0.25, 0.3) is 0 Å². The van der Waals surface area contributed by atoms with Crippen LogP contribution in [0.4, 0.5) is 5.69 Å². The van der Waals surface area contributed by atoms with Crippen LogP contribution in [0.3, 0.4) is 0 Å². The number of nitrogens with one attached hydrogen (secondary N) is 1. The summed E-state index contributed by atoms with van der Waals surface area (Å²) in [6.07, 6.45) is 1.09. The van der Waals surface area contributed by atoms with Crippen LogP contribution >= 0.6 is 12.4 Å². The molecule has 1 aromatic carbocycles. The summed E-state index contributed by atoms with van der Waals surface area (Å²) < 4.78 is 12.2. The zero-order valence-electron chi connectivity index (χ0n) is 11.9. The summed E-state index contributed by atoms with van der Waals surface area (Å²) >= 11 is 0. The van der Waals surface area contributed by atoms with E-state index in [4.69, 9.17) is 9.31 Å². The van der Waals surface area contributed by atoms with Gasteiger partial charge in [0.1, 0.15) is 0 Å². The first-order valence-electron chi connectivity index (χ1n) is 6.62. The smallest absolute Gasteiger partial charge is 0.399 e. The summed E-state index contributed by atoms with van der Waals surface area (Å²) in [5, 5.41) is 3.44. The van der Waals surface area contributed by atoms with Gasteiger partial charge in [0.05, 0.1) is 11.2 Å². The van der Waals surface area contributed by atoms with Crippen molar-refractivity contribution >= 4 is 30.7 Å². The molecule has 2 heterocycles. The quantitative estimate of drug-likeness (QED) is 0.802. The Morgan fingerprint density at radius 3 is 2.37 bits per heavy atom. The molecule has 0 atom stereocenters. The molecule has 1 aromatic rings. The van der Waals surface area contributed by atoms with Crippen molar-refractivity contribution in [2.24, 2.45) is 0 Å². The molecule has 1 N–H and O–H groups in total. The summed E-state index contributed by atoms with van der Waals surface area (Å²) in [6.45, 7) is 9.35. The Morgan fingerprint density at radius 1 is 1.11 bits per heavy atom. The summed E-state index contributed by atoms with van der Waals surface area (Å²) in [6, 6.07) is 6.36. The third-order valence-electron chi connectivity index (χ3n) is 4.39. The summed E-state index contributed by atoms with van der Waals surface area (Å²) in [5.41, 5.74) is 3.14. The van der Waals surface area contributed by atoms with Crippen LogP contribution in [-0.4, -0.2) is 24.9 Å². The van der Waals surface area contributed by atoms with Gasteiger partial charge in [-0.3, -0.25) is 0 Å². The molecule has 0 spiro atoms. The Balaban J connectivity index is 0.00000133. The molecular weight excluding hydrogens is 260 g/mol. The monoisotopic (exact) mass is 281 g/mol. The maximum atomic E-state index is 6.11. The Bertz CT molecular complexity index is 474. The molecule has 2 aliphatic rings. The maximum Gasteiger partial charge on any atom is 0.496 e. The molecule has 5 heteroatoms. The number of hydrogen-bond donors (Lipinski definition) is 1. The van der Waals surface area contributed by atoms with E-state index < -0.39 is 0 Å². The number of anilines is 1. The zero-order valence-corrected chi connectivity index (χ0v) is 12.8. The van der Waals surface area contributed by atoms with Gasteiger partial charge in [0.2, 0.25) is 0 Å². The number of hydrogen-bond acceptors (Lipinski definition) is 3. The molecule has 1 saturated heterocycles. The Hall–Kier alpha value is -0.705. The van der Waals surface area contributed by atoms with Gasteiger partial charge in [-0.1, -0.05) is 18.2 Å². The van der Waals surface area contributed by atoms with Crippen LogP contribution in [-0.2, 0) is 15.7 Å². The largest absolute Gasteiger partial charge is 0.496 e. The average molecular weight is 282 g/mol. The number of fused-ring (bicyclic) bond motifs is 1. The van der Waals surface area contributed by atoms with Gasteiger partial charge in [0.25, 0.3) is 0 Å². The van der Waals surface area contributed by atoms with E-state index in [9.17, 15) is 0 Å². The molecule has 19 heavy (non-hydrogen) atoms. The van der Waals surface area contributed by atoms with Gasteiger partial charge in [0, 0.05) is 17.7 Å². The van der Waals surface area contributed by atoms with Crippen molar-refractivity contribution in [1.82, 2.24) is 0 Å².